The summed E-state index contributed by atoms with van der Waals surface area (Å²) in [6.45, 7) is 3.61. The fraction of sp³-hybridized carbons (Fsp3) is 0.200. The molecule has 3 heteroatoms. The van der Waals surface area contributed by atoms with E-state index < -0.39 is 0 Å². The molecule has 0 heterocycles. The van der Waals surface area contributed by atoms with Crippen LogP contribution in [-0.2, 0) is 0 Å². The molecule has 70 valence electrons. The summed E-state index contributed by atoms with van der Waals surface area (Å²) in [6, 6.07) is 5.21. The standard InChI is InChI=1S/C10H14N2O/c1-3-9(11)8-5-4-7(13-2)6-10(8)12/h3-6,9H,1,11-12H2,2H3/t9-/m0/s1. The summed E-state index contributed by atoms with van der Waals surface area (Å²) < 4.78 is 5.02. The predicted molar refractivity (Wildman–Crippen MR) is 54.5 cm³/mol. The lowest BCUT2D eigenvalue weighted by Crippen LogP contribution is -2.09. The van der Waals surface area contributed by atoms with E-state index in [2.05, 4.69) is 6.58 Å². The third kappa shape index (κ3) is 2.00. The van der Waals surface area contributed by atoms with Crippen LogP contribution in [0.2, 0.25) is 0 Å². The van der Waals surface area contributed by atoms with Crippen molar-refractivity contribution in [1.29, 1.82) is 0 Å². The zero-order valence-electron chi connectivity index (χ0n) is 7.66. The highest BCUT2D eigenvalue weighted by Crippen LogP contribution is 2.24. The molecule has 0 aromatic heterocycles. The van der Waals surface area contributed by atoms with Gasteiger partial charge in [0.2, 0.25) is 0 Å². The number of anilines is 1. The minimum atomic E-state index is -0.217. The van der Waals surface area contributed by atoms with Gasteiger partial charge in [-0.05, 0) is 11.6 Å². The van der Waals surface area contributed by atoms with Crippen LogP contribution in [0.15, 0.2) is 30.9 Å². The first-order valence-corrected chi connectivity index (χ1v) is 4.00. The molecule has 1 rings (SSSR count). The molecule has 0 aliphatic heterocycles. The number of hydrogen-bond donors (Lipinski definition) is 2. The maximum Gasteiger partial charge on any atom is 0.120 e. The number of methoxy groups -OCH3 is 1. The topological polar surface area (TPSA) is 61.3 Å². The molecule has 13 heavy (non-hydrogen) atoms. The largest absolute Gasteiger partial charge is 0.497 e. The van der Waals surface area contributed by atoms with Crippen molar-refractivity contribution in [1.82, 2.24) is 0 Å². The van der Waals surface area contributed by atoms with E-state index in [0.29, 0.717) is 5.69 Å². The normalized spacial score (nSPS) is 12.2. The molecule has 1 aromatic rings. The average molecular weight is 178 g/mol. The molecule has 0 radical (unpaired) electrons. The summed E-state index contributed by atoms with van der Waals surface area (Å²) in [4.78, 5) is 0. The Morgan fingerprint density at radius 2 is 2.23 bits per heavy atom. The van der Waals surface area contributed by atoms with Crippen molar-refractivity contribution in [3.63, 3.8) is 0 Å². The maximum absolute atomic E-state index is 5.77. The van der Waals surface area contributed by atoms with E-state index in [4.69, 9.17) is 16.2 Å². The van der Waals surface area contributed by atoms with E-state index in [1.165, 1.54) is 0 Å². The first-order valence-electron chi connectivity index (χ1n) is 4.00. The summed E-state index contributed by atoms with van der Waals surface area (Å²) in [6.07, 6.45) is 1.65. The fourth-order valence-electron chi connectivity index (χ4n) is 1.11. The van der Waals surface area contributed by atoms with E-state index in [1.807, 2.05) is 12.1 Å². The molecular formula is C10H14N2O. The van der Waals surface area contributed by atoms with Gasteiger partial charge in [0.25, 0.3) is 0 Å². The van der Waals surface area contributed by atoms with Gasteiger partial charge < -0.3 is 16.2 Å². The molecular weight excluding hydrogens is 164 g/mol. The summed E-state index contributed by atoms with van der Waals surface area (Å²) in [5.74, 6) is 0.734. The van der Waals surface area contributed by atoms with E-state index in [9.17, 15) is 0 Å². The first-order chi connectivity index (χ1) is 6.19. The zero-order valence-corrected chi connectivity index (χ0v) is 7.66. The molecule has 1 aromatic carbocycles. The maximum atomic E-state index is 5.77. The van der Waals surface area contributed by atoms with Crippen LogP contribution < -0.4 is 16.2 Å². The fourth-order valence-corrected chi connectivity index (χ4v) is 1.11. The number of rotatable bonds is 3. The van der Waals surface area contributed by atoms with Crippen molar-refractivity contribution in [2.45, 2.75) is 6.04 Å². The molecule has 0 aliphatic rings. The summed E-state index contributed by atoms with van der Waals surface area (Å²) in [7, 11) is 1.60. The van der Waals surface area contributed by atoms with Crippen molar-refractivity contribution >= 4 is 5.69 Å². The van der Waals surface area contributed by atoms with Crippen LogP contribution in [-0.4, -0.2) is 7.11 Å². The highest BCUT2D eigenvalue weighted by Gasteiger charge is 2.06. The number of hydrogen-bond acceptors (Lipinski definition) is 3. The van der Waals surface area contributed by atoms with Gasteiger partial charge in [0.15, 0.2) is 0 Å². The highest BCUT2D eigenvalue weighted by atomic mass is 16.5. The van der Waals surface area contributed by atoms with Crippen LogP contribution in [0.1, 0.15) is 11.6 Å². The van der Waals surface area contributed by atoms with Crippen LogP contribution in [0.5, 0.6) is 5.75 Å². The van der Waals surface area contributed by atoms with Crippen molar-refractivity contribution in [3.8, 4) is 5.75 Å². The lowest BCUT2D eigenvalue weighted by molar-refractivity contribution is 0.415. The minimum Gasteiger partial charge on any atom is -0.497 e. The highest BCUT2D eigenvalue weighted by molar-refractivity contribution is 5.53. The monoisotopic (exact) mass is 178 g/mol. The number of nitrogen functional groups attached to an aromatic ring is 1. The van der Waals surface area contributed by atoms with Crippen molar-refractivity contribution < 1.29 is 4.74 Å². The van der Waals surface area contributed by atoms with Gasteiger partial charge in [-0.2, -0.15) is 0 Å². The average Bonchev–Trinajstić information content (AvgIpc) is 2.16. The van der Waals surface area contributed by atoms with E-state index >= 15 is 0 Å². The van der Waals surface area contributed by atoms with Crippen LogP contribution in [0, 0.1) is 0 Å². The Morgan fingerprint density at radius 1 is 1.54 bits per heavy atom. The quantitative estimate of drug-likeness (QED) is 0.544. The van der Waals surface area contributed by atoms with Crippen LogP contribution in [0.3, 0.4) is 0 Å². The molecule has 0 unspecified atom stereocenters. The number of benzene rings is 1. The summed E-state index contributed by atoms with van der Waals surface area (Å²) in [5, 5.41) is 0. The Labute approximate surface area is 78.0 Å². The van der Waals surface area contributed by atoms with Crippen molar-refractivity contribution in [2.75, 3.05) is 12.8 Å². The van der Waals surface area contributed by atoms with Crippen LogP contribution in [0.25, 0.3) is 0 Å². The summed E-state index contributed by atoms with van der Waals surface area (Å²) in [5.41, 5.74) is 13.0. The second kappa shape index (κ2) is 3.96. The number of nitrogens with two attached hydrogens (primary N) is 2. The lowest BCUT2D eigenvalue weighted by atomic mass is 10.1. The predicted octanol–water partition coefficient (Wildman–Crippen LogP) is 1.46. The van der Waals surface area contributed by atoms with Crippen molar-refractivity contribution in [2.24, 2.45) is 5.73 Å². The second-order valence-corrected chi connectivity index (χ2v) is 2.76. The Kier molecular flexibility index (Phi) is 2.93. The third-order valence-corrected chi connectivity index (χ3v) is 1.91. The minimum absolute atomic E-state index is 0.217. The van der Waals surface area contributed by atoms with E-state index in [-0.39, 0.29) is 6.04 Å². The Morgan fingerprint density at radius 3 is 2.69 bits per heavy atom. The molecule has 4 N–H and O–H groups in total. The number of ether oxygens (including phenoxy) is 1. The molecule has 0 amide bonds. The first kappa shape index (κ1) is 9.61. The molecule has 0 saturated heterocycles. The van der Waals surface area contributed by atoms with Gasteiger partial charge in [0.05, 0.1) is 7.11 Å². The molecule has 0 aliphatic carbocycles. The van der Waals surface area contributed by atoms with Gasteiger partial charge in [-0.15, -0.1) is 6.58 Å². The third-order valence-electron chi connectivity index (χ3n) is 1.91. The van der Waals surface area contributed by atoms with Gasteiger partial charge in [-0.1, -0.05) is 12.1 Å². The molecule has 0 bridgehead atoms. The van der Waals surface area contributed by atoms with Gasteiger partial charge in [-0.3, -0.25) is 0 Å². The van der Waals surface area contributed by atoms with Crippen LogP contribution >= 0.6 is 0 Å². The molecule has 0 fully saturated rings. The second-order valence-electron chi connectivity index (χ2n) is 2.76. The lowest BCUT2D eigenvalue weighted by Gasteiger charge is -2.11. The Bertz CT molecular complexity index is 310. The van der Waals surface area contributed by atoms with E-state index in [0.717, 1.165) is 11.3 Å². The Balaban J connectivity index is 3.04. The SMILES string of the molecule is C=C[C@H](N)c1ccc(OC)cc1N. The molecule has 1 atom stereocenters. The molecule has 0 saturated carbocycles. The zero-order chi connectivity index (χ0) is 9.84. The molecule has 0 spiro atoms. The van der Waals surface area contributed by atoms with Gasteiger partial charge in [0.1, 0.15) is 5.75 Å². The summed E-state index contributed by atoms with van der Waals surface area (Å²) >= 11 is 0. The van der Waals surface area contributed by atoms with Gasteiger partial charge in [-0.25, -0.2) is 0 Å². The van der Waals surface area contributed by atoms with E-state index in [1.54, 1.807) is 19.3 Å². The molecule has 3 nitrogen and oxygen atoms in total. The Hall–Kier alpha value is -1.48. The van der Waals surface area contributed by atoms with Crippen molar-refractivity contribution in [3.05, 3.63) is 36.4 Å². The van der Waals surface area contributed by atoms with Gasteiger partial charge in [0, 0.05) is 17.8 Å². The van der Waals surface area contributed by atoms with Gasteiger partial charge >= 0.3 is 0 Å². The smallest absolute Gasteiger partial charge is 0.120 e. The van der Waals surface area contributed by atoms with Crippen LogP contribution in [0.4, 0.5) is 5.69 Å².